The molecule has 0 unspecified atom stereocenters. The van der Waals surface area contributed by atoms with Crippen molar-refractivity contribution in [1.82, 2.24) is 9.29 Å². The molecule has 1 N–H and O–H groups in total. The van der Waals surface area contributed by atoms with E-state index in [-0.39, 0.29) is 18.0 Å². The van der Waals surface area contributed by atoms with Crippen LogP contribution in [0.1, 0.15) is 13.3 Å². The molecule has 0 bridgehead atoms. The molecule has 0 aliphatic rings. The van der Waals surface area contributed by atoms with Crippen LogP contribution in [0, 0.1) is 0 Å². The predicted octanol–water partition coefficient (Wildman–Crippen LogP) is 1.63. The normalized spacial score (nSPS) is 12.2. The van der Waals surface area contributed by atoms with Gasteiger partial charge in [0.05, 0.1) is 11.5 Å². The molecule has 0 atom stereocenters. The van der Waals surface area contributed by atoms with Gasteiger partial charge in [-0.2, -0.15) is 4.31 Å². The molecule has 0 radical (unpaired) electrons. The van der Waals surface area contributed by atoms with E-state index in [1.54, 1.807) is 30.6 Å². The standard InChI is InChI=1S/C14H18N2O3S/c1-2-8-16(9-10-17)20(18,19)14-5-3-4-12-11-15-7-6-13(12)14/h3-7,11,17H,2,8-10H2,1H3. The third-order valence-corrected chi connectivity index (χ3v) is 5.04. The molecule has 20 heavy (non-hydrogen) atoms. The summed E-state index contributed by atoms with van der Waals surface area (Å²) in [5, 5.41) is 10.5. The van der Waals surface area contributed by atoms with Gasteiger partial charge >= 0.3 is 0 Å². The zero-order chi connectivity index (χ0) is 14.6. The topological polar surface area (TPSA) is 70.5 Å². The second kappa shape index (κ2) is 6.30. The maximum Gasteiger partial charge on any atom is 0.243 e. The van der Waals surface area contributed by atoms with Crippen LogP contribution in [0.15, 0.2) is 41.6 Å². The van der Waals surface area contributed by atoms with Crippen molar-refractivity contribution in [2.24, 2.45) is 0 Å². The monoisotopic (exact) mass is 294 g/mol. The van der Waals surface area contributed by atoms with Crippen molar-refractivity contribution in [2.75, 3.05) is 19.7 Å². The van der Waals surface area contributed by atoms with Crippen molar-refractivity contribution in [2.45, 2.75) is 18.2 Å². The number of hydrogen-bond donors (Lipinski definition) is 1. The van der Waals surface area contributed by atoms with Gasteiger partial charge in [-0.05, 0) is 18.6 Å². The summed E-state index contributed by atoms with van der Waals surface area (Å²) < 4.78 is 26.8. The molecule has 0 fully saturated rings. The average molecular weight is 294 g/mol. The molecule has 2 aromatic rings. The second-order valence-corrected chi connectivity index (χ2v) is 6.39. The molecule has 0 aliphatic carbocycles. The number of nitrogens with zero attached hydrogens (tertiary/aromatic N) is 2. The van der Waals surface area contributed by atoms with Crippen molar-refractivity contribution >= 4 is 20.8 Å². The van der Waals surface area contributed by atoms with Crippen molar-refractivity contribution < 1.29 is 13.5 Å². The molecule has 1 heterocycles. The van der Waals surface area contributed by atoms with E-state index in [4.69, 9.17) is 5.11 Å². The lowest BCUT2D eigenvalue weighted by atomic mass is 10.2. The third-order valence-electron chi connectivity index (χ3n) is 3.08. The predicted molar refractivity (Wildman–Crippen MR) is 77.9 cm³/mol. The Bertz CT molecular complexity index is 674. The Morgan fingerprint density at radius 3 is 2.75 bits per heavy atom. The van der Waals surface area contributed by atoms with Gasteiger partial charge in [-0.1, -0.05) is 19.1 Å². The molecule has 2 rings (SSSR count). The smallest absolute Gasteiger partial charge is 0.243 e. The fraction of sp³-hybridized carbons (Fsp3) is 0.357. The summed E-state index contributed by atoms with van der Waals surface area (Å²) in [6.45, 7) is 2.22. The number of fused-ring (bicyclic) bond motifs is 1. The Kier molecular flexibility index (Phi) is 4.69. The molecule has 0 aliphatic heterocycles. The van der Waals surface area contributed by atoms with Crippen LogP contribution < -0.4 is 0 Å². The summed E-state index contributed by atoms with van der Waals surface area (Å²) in [6.07, 6.45) is 3.92. The van der Waals surface area contributed by atoms with Gasteiger partial charge in [0, 0.05) is 36.3 Å². The fourth-order valence-corrected chi connectivity index (χ4v) is 3.91. The van der Waals surface area contributed by atoms with Gasteiger partial charge in [-0.15, -0.1) is 0 Å². The minimum Gasteiger partial charge on any atom is -0.395 e. The number of pyridine rings is 1. The first-order valence-electron chi connectivity index (χ1n) is 6.55. The number of benzene rings is 1. The van der Waals surface area contributed by atoms with Gasteiger partial charge in [0.1, 0.15) is 0 Å². The van der Waals surface area contributed by atoms with E-state index < -0.39 is 10.0 Å². The van der Waals surface area contributed by atoms with E-state index >= 15 is 0 Å². The second-order valence-electron chi connectivity index (χ2n) is 4.48. The number of hydrogen-bond acceptors (Lipinski definition) is 4. The number of aliphatic hydroxyl groups is 1. The molecule has 0 saturated carbocycles. The van der Waals surface area contributed by atoms with Crippen LogP contribution in [0.25, 0.3) is 10.8 Å². The summed E-state index contributed by atoms with van der Waals surface area (Å²) in [7, 11) is -3.61. The van der Waals surface area contributed by atoms with Gasteiger partial charge in [0.2, 0.25) is 10.0 Å². The van der Waals surface area contributed by atoms with Gasteiger partial charge < -0.3 is 5.11 Å². The highest BCUT2D eigenvalue weighted by Gasteiger charge is 2.25. The SMILES string of the molecule is CCCN(CCO)S(=O)(=O)c1cccc2cnccc12. The first kappa shape index (κ1) is 14.9. The van der Waals surface area contributed by atoms with Crippen molar-refractivity contribution in [1.29, 1.82) is 0 Å². The molecular weight excluding hydrogens is 276 g/mol. The minimum absolute atomic E-state index is 0.109. The maximum absolute atomic E-state index is 12.7. The lowest BCUT2D eigenvalue weighted by molar-refractivity contribution is 0.253. The van der Waals surface area contributed by atoms with Crippen LogP contribution in [0.5, 0.6) is 0 Å². The largest absolute Gasteiger partial charge is 0.395 e. The molecule has 1 aromatic heterocycles. The molecule has 0 saturated heterocycles. The molecule has 5 nitrogen and oxygen atoms in total. The summed E-state index contributed by atoms with van der Waals surface area (Å²) in [5.74, 6) is 0. The Morgan fingerprint density at radius 1 is 1.25 bits per heavy atom. The van der Waals surface area contributed by atoms with Crippen molar-refractivity contribution in [3.8, 4) is 0 Å². The van der Waals surface area contributed by atoms with Crippen molar-refractivity contribution in [3.63, 3.8) is 0 Å². The Morgan fingerprint density at radius 2 is 2.05 bits per heavy atom. The van der Waals surface area contributed by atoms with E-state index in [2.05, 4.69) is 4.98 Å². The average Bonchev–Trinajstić information content (AvgIpc) is 2.46. The highest BCUT2D eigenvalue weighted by Crippen LogP contribution is 2.25. The zero-order valence-corrected chi connectivity index (χ0v) is 12.2. The Hall–Kier alpha value is -1.50. The fourth-order valence-electron chi connectivity index (χ4n) is 2.17. The molecule has 6 heteroatoms. The maximum atomic E-state index is 12.7. The summed E-state index contributed by atoms with van der Waals surface area (Å²) >= 11 is 0. The van der Waals surface area contributed by atoms with Crippen LogP contribution >= 0.6 is 0 Å². The lowest BCUT2D eigenvalue weighted by Gasteiger charge is -2.21. The lowest BCUT2D eigenvalue weighted by Crippen LogP contribution is -2.34. The first-order chi connectivity index (χ1) is 9.61. The Labute approximate surface area is 118 Å². The highest BCUT2D eigenvalue weighted by molar-refractivity contribution is 7.89. The molecular formula is C14H18N2O3S. The van der Waals surface area contributed by atoms with Gasteiger partial charge in [0.15, 0.2) is 0 Å². The third kappa shape index (κ3) is 2.82. The van der Waals surface area contributed by atoms with Crippen LogP contribution in [0.3, 0.4) is 0 Å². The van der Waals surface area contributed by atoms with E-state index in [1.165, 1.54) is 4.31 Å². The molecule has 108 valence electrons. The van der Waals surface area contributed by atoms with Crippen molar-refractivity contribution in [3.05, 3.63) is 36.7 Å². The first-order valence-corrected chi connectivity index (χ1v) is 7.99. The molecule has 0 spiro atoms. The zero-order valence-electron chi connectivity index (χ0n) is 11.4. The van der Waals surface area contributed by atoms with E-state index in [9.17, 15) is 8.42 Å². The summed E-state index contributed by atoms with van der Waals surface area (Å²) in [5.41, 5.74) is 0. The highest BCUT2D eigenvalue weighted by atomic mass is 32.2. The van der Waals surface area contributed by atoms with E-state index in [1.807, 2.05) is 13.0 Å². The molecule has 0 amide bonds. The van der Waals surface area contributed by atoms with Crippen LogP contribution in [0.4, 0.5) is 0 Å². The summed E-state index contributed by atoms with van der Waals surface area (Å²) in [6, 6.07) is 6.83. The number of aliphatic hydroxyl groups excluding tert-OH is 1. The van der Waals surface area contributed by atoms with Crippen LogP contribution in [-0.2, 0) is 10.0 Å². The van der Waals surface area contributed by atoms with Crippen LogP contribution in [-0.4, -0.2) is 42.5 Å². The Balaban J connectivity index is 2.56. The van der Waals surface area contributed by atoms with Gasteiger partial charge in [0.25, 0.3) is 0 Å². The number of sulfonamides is 1. The van der Waals surface area contributed by atoms with Gasteiger partial charge in [-0.3, -0.25) is 4.98 Å². The molecule has 1 aromatic carbocycles. The summed E-state index contributed by atoms with van der Waals surface area (Å²) in [4.78, 5) is 4.27. The van der Waals surface area contributed by atoms with Crippen LogP contribution in [0.2, 0.25) is 0 Å². The number of rotatable bonds is 6. The van der Waals surface area contributed by atoms with Gasteiger partial charge in [-0.25, -0.2) is 8.42 Å². The minimum atomic E-state index is -3.61. The number of aromatic nitrogens is 1. The van der Waals surface area contributed by atoms with E-state index in [0.717, 1.165) is 5.39 Å². The van der Waals surface area contributed by atoms with E-state index in [0.29, 0.717) is 18.4 Å². The quantitative estimate of drug-likeness (QED) is 0.879.